The zero-order chi connectivity index (χ0) is 10.9. The Balaban J connectivity index is 2.19. The van der Waals surface area contributed by atoms with E-state index in [9.17, 15) is 8.42 Å². The summed E-state index contributed by atoms with van der Waals surface area (Å²) >= 11 is 0. The predicted octanol–water partition coefficient (Wildman–Crippen LogP) is 1.50. The molecule has 15 heavy (non-hydrogen) atoms. The van der Waals surface area contributed by atoms with Crippen LogP contribution in [0.4, 0.5) is 0 Å². The lowest BCUT2D eigenvalue weighted by molar-refractivity contribution is 0.0785. The number of ether oxygens (including phenoxy) is 1. The second-order valence-corrected chi connectivity index (χ2v) is 5.84. The fraction of sp³-hybridized carbons (Fsp3) is 0.625. The van der Waals surface area contributed by atoms with Gasteiger partial charge in [0.2, 0.25) is 0 Å². The molecule has 0 radical (unpaired) electrons. The van der Waals surface area contributed by atoms with Gasteiger partial charge < -0.3 is 9.15 Å². The van der Waals surface area contributed by atoms with Crippen LogP contribution in [0.3, 0.4) is 0 Å². The van der Waals surface area contributed by atoms with Crippen molar-refractivity contribution in [3.05, 3.63) is 12.1 Å². The molecule has 0 N–H and O–H groups in total. The van der Waals surface area contributed by atoms with E-state index in [1.54, 1.807) is 0 Å². The second kappa shape index (κ2) is 4.11. The molecule has 84 valence electrons. The van der Waals surface area contributed by atoms with Crippen molar-refractivity contribution in [2.24, 2.45) is 0 Å². The van der Waals surface area contributed by atoms with Gasteiger partial charge in [0.15, 0.2) is 5.89 Å². The molecular weight excluding hydrogens is 242 g/mol. The van der Waals surface area contributed by atoms with E-state index < -0.39 is 9.05 Å². The van der Waals surface area contributed by atoms with Gasteiger partial charge in [-0.25, -0.2) is 13.4 Å². The maximum absolute atomic E-state index is 10.9. The number of oxazole rings is 1. The van der Waals surface area contributed by atoms with Gasteiger partial charge in [-0.1, -0.05) is 0 Å². The highest BCUT2D eigenvalue weighted by Crippen LogP contribution is 2.28. The first-order valence-electron chi connectivity index (χ1n) is 4.55. The van der Waals surface area contributed by atoms with E-state index >= 15 is 0 Å². The van der Waals surface area contributed by atoms with Gasteiger partial charge in [-0.3, -0.25) is 0 Å². The summed E-state index contributed by atoms with van der Waals surface area (Å²) in [4.78, 5) is 3.92. The molecular formula is C8H10ClNO4S. The smallest absolute Gasteiger partial charge is 0.296 e. The van der Waals surface area contributed by atoms with Gasteiger partial charge in [0, 0.05) is 29.8 Å². The van der Waals surface area contributed by atoms with E-state index in [1.165, 1.54) is 0 Å². The molecule has 5 nitrogen and oxygen atoms in total. The highest BCUT2D eigenvalue weighted by Gasteiger charge is 2.23. The number of halogens is 1. The monoisotopic (exact) mass is 251 g/mol. The van der Waals surface area contributed by atoms with E-state index in [-0.39, 0.29) is 11.0 Å². The van der Waals surface area contributed by atoms with Crippen LogP contribution in [0.15, 0.2) is 15.7 Å². The second-order valence-electron chi connectivity index (χ2n) is 3.34. The van der Waals surface area contributed by atoms with Crippen LogP contribution in [0, 0.1) is 0 Å². The molecule has 1 aromatic rings. The van der Waals surface area contributed by atoms with Crippen molar-refractivity contribution in [1.82, 2.24) is 4.98 Å². The Morgan fingerprint density at radius 1 is 1.40 bits per heavy atom. The number of rotatable bonds is 2. The molecule has 2 heterocycles. The Hall–Kier alpha value is -0.590. The minimum Gasteiger partial charge on any atom is -0.428 e. The van der Waals surface area contributed by atoms with Crippen molar-refractivity contribution >= 4 is 19.7 Å². The van der Waals surface area contributed by atoms with Crippen molar-refractivity contribution in [1.29, 1.82) is 0 Å². The molecule has 1 saturated heterocycles. The van der Waals surface area contributed by atoms with Crippen molar-refractivity contribution in [2.75, 3.05) is 13.2 Å². The summed E-state index contributed by atoms with van der Waals surface area (Å²) in [5.74, 6) is 0.559. The van der Waals surface area contributed by atoms with Crippen molar-refractivity contribution < 1.29 is 17.6 Å². The summed E-state index contributed by atoms with van der Waals surface area (Å²) in [5, 5.41) is -0.286. The largest absolute Gasteiger partial charge is 0.428 e. The van der Waals surface area contributed by atoms with Crippen LogP contribution in [0.1, 0.15) is 24.7 Å². The molecule has 0 aliphatic carbocycles. The molecule has 1 fully saturated rings. The number of hydrogen-bond donors (Lipinski definition) is 0. The normalized spacial score (nSPS) is 19.3. The maximum Gasteiger partial charge on any atom is 0.296 e. The fourth-order valence-corrected chi connectivity index (χ4v) is 2.10. The first kappa shape index (κ1) is 10.9. The van der Waals surface area contributed by atoms with Gasteiger partial charge in [-0.15, -0.1) is 0 Å². The molecule has 2 rings (SSSR count). The van der Waals surface area contributed by atoms with Gasteiger partial charge in [-0.05, 0) is 12.8 Å². The third-order valence-corrected chi connectivity index (χ3v) is 3.44. The van der Waals surface area contributed by atoms with Crippen LogP contribution in [0.25, 0.3) is 0 Å². The Morgan fingerprint density at radius 3 is 2.60 bits per heavy atom. The summed E-state index contributed by atoms with van der Waals surface area (Å²) in [7, 11) is 1.32. The average molecular weight is 252 g/mol. The van der Waals surface area contributed by atoms with Gasteiger partial charge in [-0.2, -0.15) is 0 Å². The Morgan fingerprint density at radius 2 is 2.07 bits per heavy atom. The van der Waals surface area contributed by atoms with Crippen molar-refractivity contribution in [2.45, 2.75) is 23.9 Å². The molecule has 0 atom stereocenters. The zero-order valence-electron chi connectivity index (χ0n) is 7.85. The molecule has 1 aliphatic heterocycles. The lowest BCUT2D eigenvalue weighted by atomic mass is 10.0. The van der Waals surface area contributed by atoms with Crippen LogP contribution in [-0.2, 0) is 13.8 Å². The van der Waals surface area contributed by atoms with Crippen molar-refractivity contribution in [3.63, 3.8) is 0 Å². The average Bonchev–Trinajstić information content (AvgIpc) is 2.67. The predicted molar refractivity (Wildman–Crippen MR) is 52.3 cm³/mol. The molecule has 0 amide bonds. The molecule has 0 aromatic carbocycles. The third kappa shape index (κ3) is 2.50. The molecule has 0 saturated carbocycles. The number of aromatic nitrogens is 1. The summed E-state index contributed by atoms with van der Waals surface area (Å²) in [5.41, 5.74) is 0. The van der Waals surface area contributed by atoms with Gasteiger partial charge in [0.1, 0.15) is 0 Å². The van der Waals surface area contributed by atoms with Crippen LogP contribution < -0.4 is 0 Å². The summed E-state index contributed by atoms with van der Waals surface area (Å²) in [6.45, 7) is 1.30. The van der Waals surface area contributed by atoms with Crippen LogP contribution in [0.5, 0.6) is 0 Å². The molecule has 0 unspecified atom stereocenters. The number of nitrogens with zero attached hydrogens (tertiary/aromatic N) is 1. The highest BCUT2D eigenvalue weighted by molar-refractivity contribution is 8.13. The zero-order valence-corrected chi connectivity index (χ0v) is 9.42. The van der Waals surface area contributed by atoms with E-state index in [0.29, 0.717) is 19.1 Å². The summed E-state index contributed by atoms with van der Waals surface area (Å²) < 4.78 is 32.2. The number of hydrogen-bond acceptors (Lipinski definition) is 5. The SMILES string of the molecule is O=S(=O)(Cl)c1cnc(C2CCOCC2)o1. The first-order chi connectivity index (χ1) is 7.07. The first-order valence-corrected chi connectivity index (χ1v) is 6.86. The lowest BCUT2D eigenvalue weighted by Crippen LogP contribution is -2.14. The topological polar surface area (TPSA) is 69.4 Å². The Bertz CT molecular complexity index is 435. The summed E-state index contributed by atoms with van der Waals surface area (Å²) in [6, 6.07) is 0. The Kier molecular flexibility index (Phi) is 2.99. The molecule has 0 spiro atoms. The van der Waals surface area contributed by atoms with Crippen LogP contribution in [0.2, 0.25) is 0 Å². The molecule has 7 heteroatoms. The minimum atomic E-state index is -3.81. The summed E-state index contributed by atoms with van der Waals surface area (Å²) in [6.07, 6.45) is 2.73. The molecule has 0 bridgehead atoms. The lowest BCUT2D eigenvalue weighted by Gasteiger charge is -2.18. The quantitative estimate of drug-likeness (QED) is 0.745. The highest BCUT2D eigenvalue weighted by atomic mass is 35.7. The third-order valence-electron chi connectivity index (χ3n) is 2.31. The van der Waals surface area contributed by atoms with Crippen molar-refractivity contribution in [3.8, 4) is 0 Å². The van der Waals surface area contributed by atoms with E-state index in [4.69, 9.17) is 19.8 Å². The molecule has 1 aromatic heterocycles. The standard InChI is InChI=1S/C8H10ClNO4S/c9-15(11,12)7-5-10-8(14-7)6-1-3-13-4-2-6/h5-6H,1-4H2. The van der Waals surface area contributed by atoms with E-state index in [1.807, 2.05) is 0 Å². The van der Waals surface area contributed by atoms with Gasteiger partial charge in [0.25, 0.3) is 14.1 Å². The van der Waals surface area contributed by atoms with Gasteiger partial charge in [0.05, 0.1) is 6.20 Å². The Labute approximate surface area is 91.8 Å². The maximum atomic E-state index is 10.9. The van der Waals surface area contributed by atoms with E-state index in [0.717, 1.165) is 19.0 Å². The minimum absolute atomic E-state index is 0.130. The molecule has 1 aliphatic rings. The fourth-order valence-electron chi connectivity index (χ4n) is 1.52. The van der Waals surface area contributed by atoms with Gasteiger partial charge >= 0.3 is 0 Å². The van der Waals surface area contributed by atoms with Crippen LogP contribution in [-0.4, -0.2) is 26.6 Å². The van der Waals surface area contributed by atoms with E-state index in [2.05, 4.69) is 4.98 Å². The van der Waals surface area contributed by atoms with Crippen LogP contribution >= 0.6 is 10.7 Å².